The molecular formula is C12H18ClNO3. The summed E-state index contributed by atoms with van der Waals surface area (Å²) in [4.78, 5) is 0. The predicted octanol–water partition coefficient (Wildman–Crippen LogP) is 2.39. The molecule has 0 aliphatic rings. The first kappa shape index (κ1) is 14.1. The molecule has 1 unspecified atom stereocenters. The maximum Gasteiger partial charge on any atom is 0.179 e. The molecule has 96 valence electrons. The van der Waals surface area contributed by atoms with Crippen LogP contribution in [-0.4, -0.2) is 27.4 Å². The van der Waals surface area contributed by atoms with Crippen molar-refractivity contribution in [2.45, 2.75) is 13.0 Å². The van der Waals surface area contributed by atoms with E-state index in [9.17, 15) is 0 Å². The van der Waals surface area contributed by atoms with Gasteiger partial charge in [-0.05, 0) is 13.0 Å². The smallest absolute Gasteiger partial charge is 0.179 e. The first-order valence-electron chi connectivity index (χ1n) is 5.41. The van der Waals surface area contributed by atoms with Crippen molar-refractivity contribution >= 4 is 11.6 Å². The summed E-state index contributed by atoms with van der Waals surface area (Å²) < 4.78 is 15.9. The molecule has 0 bridgehead atoms. The molecule has 1 atom stereocenters. The monoisotopic (exact) mass is 259 g/mol. The second-order valence-corrected chi connectivity index (χ2v) is 3.76. The average molecular weight is 260 g/mol. The highest BCUT2D eigenvalue weighted by molar-refractivity contribution is 6.33. The second kappa shape index (κ2) is 6.69. The van der Waals surface area contributed by atoms with Gasteiger partial charge in [-0.3, -0.25) is 0 Å². The van der Waals surface area contributed by atoms with Gasteiger partial charge in [0.05, 0.1) is 25.3 Å². The molecule has 0 heterocycles. The number of hydrogen-bond acceptors (Lipinski definition) is 4. The van der Waals surface area contributed by atoms with Gasteiger partial charge in [-0.2, -0.15) is 0 Å². The molecule has 0 aliphatic heterocycles. The summed E-state index contributed by atoms with van der Waals surface area (Å²) in [6.45, 7) is 2.85. The summed E-state index contributed by atoms with van der Waals surface area (Å²) in [7, 11) is 3.11. The topological polar surface area (TPSA) is 53.7 Å². The molecule has 0 spiro atoms. The van der Waals surface area contributed by atoms with Crippen molar-refractivity contribution in [2.75, 3.05) is 27.4 Å². The summed E-state index contributed by atoms with van der Waals surface area (Å²) in [5.41, 5.74) is 6.48. The number of rotatable bonds is 6. The Morgan fingerprint density at radius 2 is 2.00 bits per heavy atom. The average Bonchev–Trinajstić information content (AvgIpc) is 2.36. The summed E-state index contributed by atoms with van der Waals surface area (Å²) in [5.74, 6) is 1.10. The van der Waals surface area contributed by atoms with E-state index in [-0.39, 0.29) is 6.10 Å². The second-order valence-electron chi connectivity index (χ2n) is 3.38. The van der Waals surface area contributed by atoms with Gasteiger partial charge in [0.15, 0.2) is 11.5 Å². The standard InChI is InChI=1S/C12H18ClNO3/c1-4-17-10(7-14)8-5-6-9(15-2)12(16-3)11(8)13/h5-6,10H,4,7,14H2,1-3H3. The molecule has 0 radical (unpaired) electrons. The fraction of sp³-hybridized carbons (Fsp3) is 0.500. The van der Waals surface area contributed by atoms with Crippen LogP contribution in [-0.2, 0) is 4.74 Å². The minimum absolute atomic E-state index is 0.229. The number of hydrogen-bond donors (Lipinski definition) is 1. The van der Waals surface area contributed by atoms with Crippen molar-refractivity contribution in [1.29, 1.82) is 0 Å². The van der Waals surface area contributed by atoms with Crippen LogP contribution in [0.5, 0.6) is 11.5 Å². The highest BCUT2D eigenvalue weighted by Gasteiger charge is 2.19. The molecule has 0 amide bonds. The number of halogens is 1. The van der Waals surface area contributed by atoms with E-state index in [2.05, 4.69) is 0 Å². The predicted molar refractivity (Wildman–Crippen MR) is 68.0 cm³/mol. The Labute approximate surface area is 107 Å². The van der Waals surface area contributed by atoms with Crippen molar-refractivity contribution < 1.29 is 14.2 Å². The van der Waals surface area contributed by atoms with E-state index in [1.54, 1.807) is 20.3 Å². The zero-order valence-electron chi connectivity index (χ0n) is 10.3. The quantitative estimate of drug-likeness (QED) is 0.852. The van der Waals surface area contributed by atoms with Gasteiger partial charge in [0.2, 0.25) is 0 Å². The van der Waals surface area contributed by atoms with Crippen LogP contribution in [0.1, 0.15) is 18.6 Å². The van der Waals surface area contributed by atoms with E-state index >= 15 is 0 Å². The summed E-state index contributed by atoms with van der Waals surface area (Å²) in [6.07, 6.45) is -0.229. The highest BCUT2D eigenvalue weighted by Crippen LogP contribution is 2.40. The van der Waals surface area contributed by atoms with Crippen LogP contribution < -0.4 is 15.2 Å². The Kier molecular flexibility index (Phi) is 5.55. The van der Waals surface area contributed by atoms with Gasteiger partial charge >= 0.3 is 0 Å². The van der Waals surface area contributed by atoms with Crippen molar-refractivity contribution in [3.05, 3.63) is 22.7 Å². The fourth-order valence-corrected chi connectivity index (χ4v) is 1.99. The lowest BCUT2D eigenvalue weighted by Crippen LogP contribution is -2.16. The van der Waals surface area contributed by atoms with E-state index in [4.69, 9.17) is 31.5 Å². The molecular weight excluding hydrogens is 242 g/mol. The summed E-state index contributed by atoms with van der Waals surface area (Å²) in [5, 5.41) is 0.482. The van der Waals surface area contributed by atoms with Gasteiger partial charge in [-0.25, -0.2) is 0 Å². The molecule has 0 fully saturated rings. The van der Waals surface area contributed by atoms with Crippen molar-refractivity contribution in [3.63, 3.8) is 0 Å². The Morgan fingerprint density at radius 1 is 1.29 bits per heavy atom. The van der Waals surface area contributed by atoms with Gasteiger partial charge < -0.3 is 19.9 Å². The van der Waals surface area contributed by atoms with Crippen LogP contribution in [0.15, 0.2) is 12.1 Å². The van der Waals surface area contributed by atoms with E-state index in [0.29, 0.717) is 29.7 Å². The first-order chi connectivity index (χ1) is 8.19. The normalized spacial score (nSPS) is 12.3. The van der Waals surface area contributed by atoms with E-state index in [0.717, 1.165) is 5.56 Å². The molecule has 1 aromatic carbocycles. The van der Waals surface area contributed by atoms with Crippen LogP contribution in [0.25, 0.3) is 0 Å². The zero-order valence-corrected chi connectivity index (χ0v) is 11.1. The van der Waals surface area contributed by atoms with Gasteiger partial charge in [0.1, 0.15) is 0 Å². The third-order valence-electron chi connectivity index (χ3n) is 2.44. The van der Waals surface area contributed by atoms with Gasteiger partial charge in [-0.15, -0.1) is 0 Å². The lowest BCUT2D eigenvalue weighted by Gasteiger charge is -2.19. The maximum absolute atomic E-state index is 6.26. The molecule has 1 rings (SSSR count). The number of benzene rings is 1. The van der Waals surface area contributed by atoms with Gasteiger partial charge in [-0.1, -0.05) is 17.7 Å². The third-order valence-corrected chi connectivity index (χ3v) is 2.83. The van der Waals surface area contributed by atoms with Crippen LogP contribution in [0.4, 0.5) is 0 Å². The highest BCUT2D eigenvalue weighted by atomic mass is 35.5. The summed E-state index contributed by atoms with van der Waals surface area (Å²) in [6, 6.07) is 3.64. The Bertz CT molecular complexity index is 371. The number of nitrogens with two attached hydrogens (primary N) is 1. The minimum atomic E-state index is -0.229. The number of ether oxygens (including phenoxy) is 3. The Hall–Kier alpha value is -0.970. The van der Waals surface area contributed by atoms with Crippen LogP contribution in [0, 0.1) is 0 Å². The van der Waals surface area contributed by atoms with Crippen molar-refractivity contribution in [2.24, 2.45) is 5.73 Å². The molecule has 0 saturated heterocycles. The summed E-state index contributed by atoms with van der Waals surface area (Å²) >= 11 is 6.26. The van der Waals surface area contributed by atoms with Crippen LogP contribution in [0.3, 0.4) is 0 Å². The molecule has 2 N–H and O–H groups in total. The molecule has 4 nitrogen and oxygen atoms in total. The molecule has 0 saturated carbocycles. The third kappa shape index (κ3) is 3.03. The molecule has 0 aromatic heterocycles. The zero-order chi connectivity index (χ0) is 12.8. The fourth-order valence-electron chi connectivity index (χ4n) is 1.64. The Balaban J connectivity index is 3.16. The van der Waals surface area contributed by atoms with Crippen LogP contribution >= 0.6 is 11.6 Å². The molecule has 1 aromatic rings. The van der Waals surface area contributed by atoms with Gasteiger partial charge in [0.25, 0.3) is 0 Å². The SMILES string of the molecule is CCOC(CN)c1ccc(OC)c(OC)c1Cl. The lowest BCUT2D eigenvalue weighted by molar-refractivity contribution is 0.0687. The van der Waals surface area contributed by atoms with Crippen molar-refractivity contribution in [1.82, 2.24) is 0 Å². The minimum Gasteiger partial charge on any atom is -0.493 e. The first-order valence-corrected chi connectivity index (χ1v) is 5.79. The molecule has 0 aliphatic carbocycles. The molecule has 17 heavy (non-hydrogen) atoms. The van der Waals surface area contributed by atoms with Crippen molar-refractivity contribution in [3.8, 4) is 11.5 Å². The lowest BCUT2D eigenvalue weighted by atomic mass is 10.1. The largest absolute Gasteiger partial charge is 0.493 e. The Morgan fingerprint density at radius 3 is 2.47 bits per heavy atom. The van der Waals surface area contributed by atoms with E-state index < -0.39 is 0 Å². The van der Waals surface area contributed by atoms with E-state index in [1.165, 1.54) is 0 Å². The molecule has 5 heteroatoms. The van der Waals surface area contributed by atoms with Gasteiger partial charge in [0, 0.05) is 18.7 Å². The maximum atomic E-state index is 6.26. The van der Waals surface area contributed by atoms with Crippen LogP contribution in [0.2, 0.25) is 5.02 Å². The number of methoxy groups -OCH3 is 2. The van der Waals surface area contributed by atoms with E-state index in [1.807, 2.05) is 13.0 Å².